The molecule has 16 heavy (non-hydrogen) atoms. The minimum Gasteiger partial charge on any atom is -0.316 e. The van der Waals surface area contributed by atoms with E-state index in [-0.39, 0.29) is 0 Å². The lowest BCUT2D eigenvalue weighted by Gasteiger charge is -2.28. The van der Waals surface area contributed by atoms with Crippen LogP contribution in [0.4, 0.5) is 0 Å². The third-order valence-corrected chi connectivity index (χ3v) is 4.64. The summed E-state index contributed by atoms with van der Waals surface area (Å²) in [5, 5.41) is 3.75. The van der Waals surface area contributed by atoms with Crippen molar-refractivity contribution in [3.05, 3.63) is 0 Å². The van der Waals surface area contributed by atoms with Crippen molar-refractivity contribution < 1.29 is 0 Å². The van der Waals surface area contributed by atoms with Crippen LogP contribution < -0.4 is 5.32 Å². The molecule has 2 aliphatic rings. The van der Waals surface area contributed by atoms with Gasteiger partial charge in [0, 0.05) is 0 Å². The lowest BCUT2D eigenvalue weighted by atomic mass is 9.82. The smallest absolute Gasteiger partial charge is 0.00203 e. The van der Waals surface area contributed by atoms with Crippen LogP contribution in [0.2, 0.25) is 0 Å². The van der Waals surface area contributed by atoms with Crippen LogP contribution in [0, 0.1) is 17.8 Å². The Labute approximate surface area is 101 Å². The molecule has 1 nitrogen and oxygen atoms in total. The van der Waals surface area contributed by atoms with Crippen LogP contribution in [0.3, 0.4) is 0 Å². The van der Waals surface area contributed by atoms with E-state index in [9.17, 15) is 0 Å². The third kappa shape index (κ3) is 4.08. The van der Waals surface area contributed by atoms with Crippen LogP contribution in [-0.2, 0) is 0 Å². The normalized spacial score (nSPS) is 32.8. The van der Waals surface area contributed by atoms with Crippen molar-refractivity contribution in [3.8, 4) is 0 Å². The van der Waals surface area contributed by atoms with E-state index < -0.39 is 0 Å². The van der Waals surface area contributed by atoms with Gasteiger partial charge in [-0.15, -0.1) is 0 Å². The predicted molar refractivity (Wildman–Crippen MR) is 70.6 cm³/mol. The first kappa shape index (κ1) is 12.4. The van der Waals surface area contributed by atoms with E-state index in [2.05, 4.69) is 12.2 Å². The van der Waals surface area contributed by atoms with Crippen molar-refractivity contribution in [3.63, 3.8) is 0 Å². The molecule has 0 saturated heterocycles. The maximum atomic E-state index is 3.75. The molecule has 2 aliphatic carbocycles. The number of rotatable bonds is 4. The molecule has 0 aromatic rings. The largest absolute Gasteiger partial charge is 0.316 e. The van der Waals surface area contributed by atoms with Crippen molar-refractivity contribution >= 4 is 0 Å². The van der Waals surface area contributed by atoms with Crippen LogP contribution in [0.25, 0.3) is 0 Å². The summed E-state index contributed by atoms with van der Waals surface area (Å²) in [4.78, 5) is 0. The van der Waals surface area contributed by atoms with Gasteiger partial charge in [-0.3, -0.25) is 0 Å². The molecule has 1 N–H and O–H groups in total. The molecule has 0 spiro atoms. The van der Waals surface area contributed by atoms with Crippen molar-refractivity contribution in [1.29, 1.82) is 0 Å². The van der Waals surface area contributed by atoms with Gasteiger partial charge < -0.3 is 5.32 Å². The summed E-state index contributed by atoms with van der Waals surface area (Å²) in [5.41, 5.74) is 0. The molecule has 2 fully saturated rings. The van der Waals surface area contributed by atoms with Gasteiger partial charge in [0.05, 0.1) is 0 Å². The van der Waals surface area contributed by atoms with Gasteiger partial charge in [-0.25, -0.2) is 0 Å². The second kappa shape index (κ2) is 6.64. The Morgan fingerprint density at radius 2 is 1.50 bits per heavy atom. The first-order valence-electron chi connectivity index (χ1n) is 7.55. The van der Waals surface area contributed by atoms with Crippen molar-refractivity contribution in [2.45, 2.75) is 64.7 Å². The highest BCUT2D eigenvalue weighted by Gasteiger charge is 2.19. The average Bonchev–Trinajstić information content (AvgIpc) is 2.30. The quantitative estimate of drug-likeness (QED) is 0.760. The van der Waals surface area contributed by atoms with E-state index in [0.717, 1.165) is 17.8 Å². The number of hydrogen-bond acceptors (Lipinski definition) is 1. The van der Waals surface area contributed by atoms with E-state index in [1.807, 2.05) is 0 Å². The van der Waals surface area contributed by atoms with E-state index in [1.165, 1.54) is 70.9 Å². The highest BCUT2D eigenvalue weighted by atomic mass is 14.9. The molecule has 2 atom stereocenters. The second-order valence-electron chi connectivity index (χ2n) is 6.30. The van der Waals surface area contributed by atoms with Gasteiger partial charge in [0.25, 0.3) is 0 Å². The van der Waals surface area contributed by atoms with Gasteiger partial charge in [-0.1, -0.05) is 39.0 Å². The van der Waals surface area contributed by atoms with Gasteiger partial charge in [0.2, 0.25) is 0 Å². The van der Waals surface area contributed by atoms with Gasteiger partial charge in [-0.05, 0) is 56.5 Å². The molecule has 0 aromatic heterocycles. The van der Waals surface area contributed by atoms with Crippen molar-refractivity contribution in [2.75, 3.05) is 13.1 Å². The van der Waals surface area contributed by atoms with Crippen LogP contribution in [0.1, 0.15) is 64.7 Å². The minimum absolute atomic E-state index is 0.979. The minimum atomic E-state index is 0.979. The number of nitrogens with one attached hydrogen (secondary N) is 1. The second-order valence-corrected chi connectivity index (χ2v) is 6.30. The Balaban J connectivity index is 1.56. The fourth-order valence-electron chi connectivity index (χ4n) is 3.63. The monoisotopic (exact) mass is 223 g/mol. The summed E-state index contributed by atoms with van der Waals surface area (Å²) >= 11 is 0. The molecule has 0 amide bonds. The van der Waals surface area contributed by atoms with Gasteiger partial charge in [-0.2, -0.15) is 0 Å². The first-order valence-corrected chi connectivity index (χ1v) is 7.55. The molecule has 94 valence electrons. The van der Waals surface area contributed by atoms with Crippen LogP contribution >= 0.6 is 0 Å². The Kier molecular flexibility index (Phi) is 5.15. The topological polar surface area (TPSA) is 12.0 Å². The van der Waals surface area contributed by atoms with Crippen molar-refractivity contribution in [1.82, 2.24) is 5.32 Å². The Hall–Kier alpha value is -0.0400. The zero-order valence-corrected chi connectivity index (χ0v) is 11.0. The third-order valence-electron chi connectivity index (χ3n) is 4.64. The predicted octanol–water partition coefficient (Wildman–Crippen LogP) is 3.98. The van der Waals surface area contributed by atoms with Crippen LogP contribution in [-0.4, -0.2) is 13.1 Å². The standard InChI is InChI=1S/C15H29N/c1-13-6-5-9-15(10-13)12-16-11-14-7-3-2-4-8-14/h13-16H,2-12H2,1H3. The summed E-state index contributed by atoms with van der Waals surface area (Å²) in [5.74, 6) is 2.96. The molecular weight excluding hydrogens is 194 g/mol. The lowest BCUT2D eigenvalue weighted by Crippen LogP contribution is -2.31. The molecule has 2 rings (SSSR count). The highest BCUT2D eigenvalue weighted by Crippen LogP contribution is 2.28. The SMILES string of the molecule is CC1CCCC(CNCC2CCCCC2)C1. The molecular formula is C15H29N. The Morgan fingerprint density at radius 3 is 2.25 bits per heavy atom. The molecule has 0 aromatic carbocycles. The van der Waals surface area contributed by atoms with E-state index in [1.54, 1.807) is 0 Å². The van der Waals surface area contributed by atoms with E-state index in [0.29, 0.717) is 0 Å². The van der Waals surface area contributed by atoms with E-state index >= 15 is 0 Å². The zero-order chi connectivity index (χ0) is 11.2. The maximum absolute atomic E-state index is 3.75. The molecule has 0 bridgehead atoms. The first-order chi connectivity index (χ1) is 7.84. The van der Waals surface area contributed by atoms with Crippen LogP contribution in [0.15, 0.2) is 0 Å². The van der Waals surface area contributed by atoms with Gasteiger partial charge in [0.15, 0.2) is 0 Å². The molecule has 0 heterocycles. The molecule has 2 unspecified atom stereocenters. The summed E-state index contributed by atoms with van der Waals surface area (Å²) < 4.78 is 0. The Bertz CT molecular complexity index is 184. The summed E-state index contributed by atoms with van der Waals surface area (Å²) in [6.45, 7) is 5.01. The highest BCUT2D eigenvalue weighted by molar-refractivity contribution is 4.74. The summed E-state index contributed by atoms with van der Waals surface area (Å²) in [6.07, 6.45) is 13.3. The van der Waals surface area contributed by atoms with Crippen LogP contribution in [0.5, 0.6) is 0 Å². The summed E-state index contributed by atoms with van der Waals surface area (Å²) in [7, 11) is 0. The maximum Gasteiger partial charge on any atom is -0.00203 e. The zero-order valence-electron chi connectivity index (χ0n) is 11.0. The molecule has 1 heteroatoms. The lowest BCUT2D eigenvalue weighted by molar-refractivity contribution is 0.263. The molecule has 2 saturated carbocycles. The Morgan fingerprint density at radius 1 is 0.812 bits per heavy atom. The number of hydrogen-bond donors (Lipinski definition) is 1. The van der Waals surface area contributed by atoms with Gasteiger partial charge in [0.1, 0.15) is 0 Å². The summed E-state index contributed by atoms with van der Waals surface area (Å²) in [6, 6.07) is 0. The fraction of sp³-hybridized carbons (Fsp3) is 1.00. The average molecular weight is 223 g/mol. The van der Waals surface area contributed by atoms with Gasteiger partial charge >= 0.3 is 0 Å². The fourth-order valence-corrected chi connectivity index (χ4v) is 3.63. The molecule has 0 aliphatic heterocycles. The van der Waals surface area contributed by atoms with Crippen molar-refractivity contribution in [2.24, 2.45) is 17.8 Å². The molecule has 0 radical (unpaired) electrons. The van der Waals surface area contributed by atoms with E-state index in [4.69, 9.17) is 0 Å².